The van der Waals surface area contributed by atoms with Crippen LogP contribution in [0.4, 0.5) is 0 Å². The van der Waals surface area contributed by atoms with Gasteiger partial charge in [-0.2, -0.15) is 0 Å². The number of hydrogen-bond donors (Lipinski definition) is 2. The molecule has 1 aromatic rings. The van der Waals surface area contributed by atoms with E-state index in [0.717, 1.165) is 42.6 Å². The number of primary amides is 1. The first-order valence-corrected chi connectivity index (χ1v) is 9.51. The first kappa shape index (κ1) is 17.1. The molecule has 4 fully saturated rings. The Morgan fingerprint density at radius 3 is 2.19 bits per heavy atom. The quantitative estimate of drug-likeness (QED) is 0.771. The standard InChI is InChI=1S/C21H26N2O3/c22-19(24)13-26-18-4-1-14(2-5-18)3-6-20(25)23-21-10-15-7-16(11-21)9-17(8-15)12-21/h1-6,15-17H,7-13H2,(H2,22,24)(H,23,25). The van der Waals surface area contributed by atoms with Crippen molar-refractivity contribution in [3.63, 3.8) is 0 Å². The summed E-state index contributed by atoms with van der Waals surface area (Å²) >= 11 is 0. The highest BCUT2D eigenvalue weighted by atomic mass is 16.5. The number of nitrogens with one attached hydrogen (secondary N) is 1. The van der Waals surface area contributed by atoms with Crippen molar-refractivity contribution in [3.05, 3.63) is 35.9 Å². The second-order valence-electron chi connectivity index (χ2n) is 8.34. The second-order valence-corrected chi connectivity index (χ2v) is 8.34. The van der Waals surface area contributed by atoms with E-state index in [0.29, 0.717) is 5.75 Å². The first-order chi connectivity index (χ1) is 12.5. The van der Waals surface area contributed by atoms with Gasteiger partial charge in [0.05, 0.1) is 0 Å². The molecule has 2 amide bonds. The number of nitrogens with two attached hydrogens (primary N) is 1. The predicted molar refractivity (Wildman–Crippen MR) is 99.2 cm³/mol. The summed E-state index contributed by atoms with van der Waals surface area (Å²) < 4.78 is 5.23. The monoisotopic (exact) mass is 354 g/mol. The number of amides is 2. The highest BCUT2D eigenvalue weighted by molar-refractivity contribution is 5.92. The molecule has 26 heavy (non-hydrogen) atoms. The Bertz CT molecular complexity index is 688. The van der Waals surface area contributed by atoms with Gasteiger partial charge in [0.2, 0.25) is 5.91 Å². The smallest absolute Gasteiger partial charge is 0.255 e. The molecule has 5 heteroatoms. The minimum absolute atomic E-state index is 0.000931. The normalized spacial score (nSPS) is 31.9. The lowest BCUT2D eigenvalue weighted by molar-refractivity contribution is -0.122. The molecule has 0 spiro atoms. The number of carbonyl (C=O) groups is 2. The molecule has 0 aromatic heterocycles. The van der Waals surface area contributed by atoms with Crippen molar-refractivity contribution in [2.75, 3.05) is 6.61 Å². The maximum Gasteiger partial charge on any atom is 0.255 e. The Morgan fingerprint density at radius 1 is 1.08 bits per heavy atom. The van der Waals surface area contributed by atoms with Crippen molar-refractivity contribution in [3.8, 4) is 5.75 Å². The molecule has 4 aliphatic rings. The zero-order valence-electron chi connectivity index (χ0n) is 14.9. The molecular weight excluding hydrogens is 328 g/mol. The topological polar surface area (TPSA) is 81.4 Å². The summed E-state index contributed by atoms with van der Waals surface area (Å²) in [5, 5.41) is 3.34. The maximum absolute atomic E-state index is 12.5. The second kappa shape index (κ2) is 6.78. The van der Waals surface area contributed by atoms with Crippen LogP contribution in [-0.4, -0.2) is 24.0 Å². The van der Waals surface area contributed by atoms with Gasteiger partial charge in [-0.25, -0.2) is 0 Å². The lowest BCUT2D eigenvalue weighted by Crippen LogP contribution is -2.59. The molecule has 0 saturated heterocycles. The summed E-state index contributed by atoms with van der Waals surface area (Å²) in [7, 11) is 0. The van der Waals surface area contributed by atoms with Crippen LogP contribution in [0.3, 0.4) is 0 Å². The Labute approximate surface area is 154 Å². The third-order valence-corrected chi connectivity index (χ3v) is 6.11. The van der Waals surface area contributed by atoms with Gasteiger partial charge in [-0.05, 0) is 80.1 Å². The molecule has 1 aromatic carbocycles. The van der Waals surface area contributed by atoms with Crippen molar-refractivity contribution in [1.82, 2.24) is 5.32 Å². The maximum atomic E-state index is 12.5. The van der Waals surface area contributed by atoms with E-state index in [1.54, 1.807) is 18.2 Å². The van der Waals surface area contributed by atoms with Crippen LogP contribution in [0.2, 0.25) is 0 Å². The van der Waals surface area contributed by atoms with E-state index in [9.17, 15) is 9.59 Å². The van der Waals surface area contributed by atoms with Crippen LogP contribution >= 0.6 is 0 Å². The molecule has 0 unspecified atom stereocenters. The van der Waals surface area contributed by atoms with Crippen molar-refractivity contribution < 1.29 is 14.3 Å². The van der Waals surface area contributed by atoms with Gasteiger partial charge in [0.15, 0.2) is 6.61 Å². The van der Waals surface area contributed by atoms with Crippen LogP contribution in [-0.2, 0) is 9.59 Å². The number of hydrogen-bond acceptors (Lipinski definition) is 3. The van der Waals surface area contributed by atoms with Gasteiger partial charge in [0, 0.05) is 11.6 Å². The number of benzene rings is 1. The molecule has 4 aliphatic carbocycles. The van der Waals surface area contributed by atoms with Gasteiger partial charge in [-0.1, -0.05) is 12.1 Å². The van der Waals surface area contributed by atoms with Gasteiger partial charge in [-0.15, -0.1) is 0 Å². The summed E-state index contributed by atoms with van der Waals surface area (Å²) in [6, 6.07) is 7.23. The Kier molecular flexibility index (Phi) is 4.47. The lowest BCUT2D eigenvalue weighted by Gasteiger charge is -2.56. The van der Waals surface area contributed by atoms with Crippen molar-refractivity contribution in [2.45, 2.75) is 44.1 Å². The van der Waals surface area contributed by atoms with E-state index in [1.807, 2.05) is 18.2 Å². The highest BCUT2D eigenvalue weighted by Gasteiger charge is 2.51. The summed E-state index contributed by atoms with van der Waals surface area (Å²) in [5.41, 5.74) is 6.01. The third-order valence-electron chi connectivity index (χ3n) is 6.11. The summed E-state index contributed by atoms with van der Waals surface area (Å²) in [4.78, 5) is 23.2. The van der Waals surface area contributed by atoms with Gasteiger partial charge in [0.25, 0.3) is 5.91 Å². The molecule has 0 heterocycles. The van der Waals surface area contributed by atoms with Crippen LogP contribution in [0.15, 0.2) is 30.3 Å². The number of ether oxygens (including phenoxy) is 1. The molecule has 138 valence electrons. The molecule has 4 bridgehead atoms. The third kappa shape index (κ3) is 3.76. The summed E-state index contributed by atoms with van der Waals surface area (Å²) in [6.07, 6.45) is 11.0. The van der Waals surface area contributed by atoms with Crippen LogP contribution in [0.5, 0.6) is 5.75 Å². The van der Waals surface area contributed by atoms with E-state index < -0.39 is 5.91 Å². The minimum atomic E-state index is -0.504. The first-order valence-electron chi connectivity index (χ1n) is 9.51. The Hall–Kier alpha value is -2.30. The zero-order valence-corrected chi connectivity index (χ0v) is 14.9. The van der Waals surface area contributed by atoms with Crippen LogP contribution in [0.25, 0.3) is 6.08 Å². The SMILES string of the molecule is NC(=O)COc1ccc(C=CC(=O)NC23CC4CC(CC(C4)C2)C3)cc1. The summed E-state index contributed by atoms with van der Waals surface area (Å²) in [5.74, 6) is 2.53. The molecular formula is C21H26N2O3. The van der Waals surface area contributed by atoms with Crippen molar-refractivity contribution in [1.29, 1.82) is 0 Å². The van der Waals surface area contributed by atoms with E-state index in [2.05, 4.69) is 5.32 Å². The number of rotatable bonds is 6. The number of carbonyl (C=O) groups excluding carboxylic acids is 2. The fourth-order valence-corrected chi connectivity index (χ4v) is 5.57. The lowest BCUT2D eigenvalue weighted by atomic mass is 9.53. The average Bonchev–Trinajstić information content (AvgIpc) is 2.57. The Balaban J connectivity index is 1.34. The van der Waals surface area contributed by atoms with E-state index in [1.165, 1.54) is 19.3 Å². The molecule has 3 N–H and O–H groups in total. The largest absolute Gasteiger partial charge is 0.484 e. The van der Waals surface area contributed by atoms with Crippen LogP contribution in [0.1, 0.15) is 44.1 Å². The molecule has 5 rings (SSSR count). The molecule has 5 nitrogen and oxygen atoms in total. The fraction of sp³-hybridized carbons (Fsp3) is 0.524. The fourth-order valence-electron chi connectivity index (χ4n) is 5.57. The van der Waals surface area contributed by atoms with Crippen LogP contribution < -0.4 is 15.8 Å². The molecule has 0 atom stereocenters. The molecule has 0 radical (unpaired) electrons. The molecule has 4 saturated carbocycles. The van der Waals surface area contributed by atoms with E-state index >= 15 is 0 Å². The Morgan fingerprint density at radius 2 is 1.65 bits per heavy atom. The highest BCUT2D eigenvalue weighted by Crippen LogP contribution is 2.55. The van der Waals surface area contributed by atoms with Gasteiger partial charge in [-0.3, -0.25) is 9.59 Å². The molecule has 0 aliphatic heterocycles. The van der Waals surface area contributed by atoms with E-state index in [4.69, 9.17) is 10.5 Å². The van der Waals surface area contributed by atoms with Gasteiger partial charge >= 0.3 is 0 Å². The van der Waals surface area contributed by atoms with Crippen LogP contribution in [0, 0.1) is 17.8 Å². The average molecular weight is 354 g/mol. The van der Waals surface area contributed by atoms with E-state index in [-0.39, 0.29) is 18.1 Å². The van der Waals surface area contributed by atoms with Gasteiger partial charge in [0.1, 0.15) is 5.75 Å². The summed E-state index contributed by atoms with van der Waals surface area (Å²) in [6.45, 7) is -0.136. The van der Waals surface area contributed by atoms with Gasteiger partial charge < -0.3 is 15.8 Å². The van der Waals surface area contributed by atoms with Crippen molar-refractivity contribution >= 4 is 17.9 Å². The van der Waals surface area contributed by atoms with Crippen molar-refractivity contribution in [2.24, 2.45) is 23.5 Å². The predicted octanol–water partition coefficient (Wildman–Crippen LogP) is 2.65. The minimum Gasteiger partial charge on any atom is -0.484 e. The zero-order chi connectivity index (χ0) is 18.1.